The van der Waals surface area contributed by atoms with Gasteiger partial charge < -0.3 is 19.7 Å². The van der Waals surface area contributed by atoms with Crippen molar-refractivity contribution in [1.82, 2.24) is 20.0 Å². The van der Waals surface area contributed by atoms with Crippen LogP contribution in [0.2, 0.25) is 0 Å². The Morgan fingerprint density at radius 1 is 1.36 bits per heavy atom. The molecule has 0 aliphatic carbocycles. The largest absolute Gasteiger partial charge is 0.491 e. The van der Waals surface area contributed by atoms with Crippen LogP contribution in [0.3, 0.4) is 0 Å². The van der Waals surface area contributed by atoms with Gasteiger partial charge in [-0.1, -0.05) is 18.2 Å². The number of aromatic nitrogens is 2. The molecule has 1 aromatic carbocycles. The average Bonchev–Trinajstić information content (AvgIpc) is 3.13. The molecule has 1 atom stereocenters. The van der Waals surface area contributed by atoms with Gasteiger partial charge in [-0.3, -0.25) is 4.68 Å². The summed E-state index contributed by atoms with van der Waals surface area (Å²) in [6, 6.07) is 6.19. The quantitative estimate of drug-likeness (QED) is 0.470. The minimum absolute atomic E-state index is 0.0113. The van der Waals surface area contributed by atoms with Crippen LogP contribution in [0.4, 0.5) is 0 Å². The Bertz CT molecular complexity index is 782. The van der Waals surface area contributed by atoms with Gasteiger partial charge in [-0.25, -0.2) is 4.99 Å². The molecule has 1 fully saturated rings. The standard InChI is InChI=1S/C21H31N5O2/c1-5-22-21(23-9-11-28-20-16(2)7-6-8-17(20)3)26-10-12-27-19(15-26)18-13-24-25(4)14-18/h6-8,13-14,19H,5,9-12,15H2,1-4H3,(H,22,23). The third-order valence-corrected chi connectivity index (χ3v) is 4.81. The Morgan fingerprint density at radius 2 is 2.14 bits per heavy atom. The van der Waals surface area contributed by atoms with Crippen molar-refractivity contribution in [2.75, 3.05) is 39.4 Å². The zero-order valence-corrected chi connectivity index (χ0v) is 17.3. The molecule has 0 radical (unpaired) electrons. The lowest BCUT2D eigenvalue weighted by Gasteiger charge is -2.34. The molecular formula is C21H31N5O2. The van der Waals surface area contributed by atoms with Crippen molar-refractivity contribution in [3.05, 3.63) is 47.3 Å². The van der Waals surface area contributed by atoms with Crippen LogP contribution in [-0.4, -0.2) is 60.0 Å². The highest BCUT2D eigenvalue weighted by Crippen LogP contribution is 2.23. The molecule has 28 heavy (non-hydrogen) atoms. The topological polar surface area (TPSA) is 63.9 Å². The molecular weight excluding hydrogens is 354 g/mol. The van der Waals surface area contributed by atoms with Crippen LogP contribution in [0, 0.1) is 13.8 Å². The summed E-state index contributed by atoms with van der Waals surface area (Å²) in [5, 5.41) is 7.65. The zero-order valence-electron chi connectivity index (χ0n) is 17.3. The first-order chi connectivity index (χ1) is 13.6. The van der Waals surface area contributed by atoms with E-state index in [0.29, 0.717) is 19.8 Å². The zero-order chi connectivity index (χ0) is 19.9. The summed E-state index contributed by atoms with van der Waals surface area (Å²) in [5.74, 6) is 1.87. The number of ether oxygens (including phenoxy) is 2. The summed E-state index contributed by atoms with van der Waals surface area (Å²) in [7, 11) is 1.92. The molecule has 1 saturated heterocycles. The van der Waals surface area contributed by atoms with Gasteiger partial charge in [0.2, 0.25) is 0 Å². The number of aryl methyl sites for hydroxylation is 3. The van der Waals surface area contributed by atoms with Crippen molar-refractivity contribution in [3.63, 3.8) is 0 Å². The molecule has 1 aliphatic rings. The van der Waals surface area contributed by atoms with Crippen LogP contribution in [0.1, 0.15) is 29.7 Å². The summed E-state index contributed by atoms with van der Waals surface area (Å²) in [6.07, 6.45) is 3.89. The molecule has 7 nitrogen and oxygen atoms in total. The van der Waals surface area contributed by atoms with Gasteiger partial charge in [0.25, 0.3) is 0 Å². The summed E-state index contributed by atoms with van der Waals surface area (Å²) in [5.41, 5.74) is 3.41. The molecule has 3 rings (SSSR count). The van der Waals surface area contributed by atoms with Crippen LogP contribution in [0.15, 0.2) is 35.6 Å². The predicted octanol–water partition coefficient (Wildman–Crippen LogP) is 2.45. The van der Waals surface area contributed by atoms with Gasteiger partial charge in [0.15, 0.2) is 5.96 Å². The Morgan fingerprint density at radius 3 is 2.82 bits per heavy atom. The van der Waals surface area contributed by atoms with Crippen LogP contribution in [0.25, 0.3) is 0 Å². The number of guanidine groups is 1. The van der Waals surface area contributed by atoms with Gasteiger partial charge >= 0.3 is 0 Å². The van der Waals surface area contributed by atoms with Crippen molar-refractivity contribution >= 4 is 5.96 Å². The summed E-state index contributed by atoms with van der Waals surface area (Å²) >= 11 is 0. The van der Waals surface area contributed by atoms with Crippen molar-refractivity contribution in [2.45, 2.75) is 26.9 Å². The van der Waals surface area contributed by atoms with Gasteiger partial charge in [-0.15, -0.1) is 0 Å². The van der Waals surface area contributed by atoms with Crippen molar-refractivity contribution in [1.29, 1.82) is 0 Å². The van der Waals surface area contributed by atoms with Crippen LogP contribution >= 0.6 is 0 Å². The van der Waals surface area contributed by atoms with E-state index < -0.39 is 0 Å². The van der Waals surface area contributed by atoms with E-state index in [1.165, 1.54) is 0 Å². The smallest absolute Gasteiger partial charge is 0.194 e. The fraction of sp³-hybridized carbons (Fsp3) is 0.524. The maximum absolute atomic E-state index is 5.99. The van der Waals surface area contributed by atoms with Crippen LogP contribution in [0.5, 0.6) is 5.75 Å². The van der Waals surface area contributed by atoms with Gasteiger partial charge in [0.1, 0.15) is 18.5 Å². The Balaban J connectivity index is 1.60. The maximum Gasteiger partial charge on any atom is 0.194 e. The van der Waals surface area contributed by atoms with E-state index in [9.17, 15) is 0 Å². The third-order valence-electron chi connectivity index (χ3n) is 4.81. The molecule has 152 valence electrons. The molecule has 0 amide bonds. The SMILES string of the molecule is CCNC(=NCCOc1c(C)cccc1C)N1CCOC(c2cnn(C)c2)C1. The summed E-state index contributed by atoms with van der Waals surface area (Å²) in [4.78, 5) is 7.03. The van der Waals surface area contributed by atoms with E-state index in [4.69, 9.17) is 14.5 Å². The lowest BCUT2D eigenvalue weighted by Crippen LogP contribution is -2.48. The number of nitrogens with zero attached hydrogens (tertiary/aromatic N) is 4. The first-order valence-electron chi connectivity index (χ1n) is 9.91. The van der Waals surface area contributed by atoms with Crippen molar-refractivity contribution in [2.24, 2.45) is 12.0 Å². The fourth-order valence-corrected chi connectivity index (χ4v) is 3.40. The lowest BCUT2D eigenvalue weighted by molar-refractivity contribution is -0.00805. The van der Waals surface area contributed by atoms with Gasteiger partial charge in [-0.05, 0) is 31.9 Å². The highest BCUT2D eigenvalue weighted by atomic mass is 16.5. The third kappa shape index (κ3) is 5.04. The first-order valence-corrected chi connectivity index (χ1v) is 9.91. The Hall–Kier alpha value is -2.54. The number of para-hydroxylation sites is 1. The molecule has 1 aliphatic heterocycles. The van der Waals surface area contributed by atoms with Gasteiger partial charge in [0, 0.05) is 31.9 Å². The van der Waals surface area contributed by atoms with E-state index in [0.717, 1.165) is 48.0 Å². The Kier molecular flexibility index (Phi) is 6.92. The number of rotatable bonds is 6. The van der Waals surface area contributed by atoms with Crippen LogP contribution in [-0.2, 0) is 11.8 Å². The monoisotopic (exact) mass is 385 g/mol. The molecule has 1 aromatic heterocycles. The number of morpholine rings is 1. The molecule has 2 heterocycles. The van der Waals surface area contributed by atoms with Gasteiger partial charge in [0.05, 0.1) is 25.9 Å². The molecule has 1 N–H and O–H groups in total. The van der Waals surface area contributed by atoms with Crippen molar-refractivity contribution in [3.8, 4) is 5.75 Å². The molecule has 1 unspecified atom stereocenters. The number of nitrogens with one attached hydrogen (secondary N) is 1. The maximum atomic E-state index is 5.99. The van der Waals surface area contributed by atoms with E-state index in [-0.39, 0.29) is 6.10 Å². The number of hydrogen-bond acceptors (Lipinski definition) is 4. The second-order valence-corrected chi connectivity index (χ2v) is 7.06. The summed E-state index contributed by atoms with van der Waals surface area (Å²) < 4.78 is 13.7. The van der Waals surface area contributed by atoms with E-state index in [1.54, 1.807) is 0 Å². The number of aliphatic imine (C=N–C) groups is 1. The first kappa shape index (κ1) is 20.2. The van der Waals surface area contributed by atoms with E-state index in [1.807, 2.05) is 24.1 Å². The highest BCUT2D eigenvalue weighted by Gasteiger charge is 2.25. The van der Waals surface area contributed by atoms with E-state index in [2.05, 4.69) is 54.3 Å². The molecule has 7 heteroatoms. The fourth-order valence-electron chi connectivity index (χ4n) is 3.40. The number of benzene rings is 1. The molecule has 0 spiro atoms. The summed E-state index contributed by atoms with van der Waals surface area (Å²) in [6.45, 7) is 10.5. The Labute approximate surface area is 167 Å². The van der Waals surface area contributed by atoms with Crippen molar-refractivity contribution < 1.29 is 9.47 Å². The number of hydrogen-bond donors (Lipinski definition) is 1. The predicted molar refractivity (Wildman–Crippen MR) is 111 cm³/mol. The molecule has 2 aromatic rings. The minimum atomic E-state index is 0.0113. The second kappa shape index (κ2) is 9.59. The normalized spacial score (nSPS) is 17.6. The lowest BCUT2D eigenvalue weighted by atomic mass is 10.1. The van der Waals surface area contributed by atoms with Crippen LogP contribution < -0.4 is 10.1 Å². The average molecular weight is 386 g/mol. The van der Waals surface area contributed by atoms with E-state index >= 15 is 0 Å². The minimum Gasteiger partial charge on any atom is -0.491 e. The second-order valence-electron chi connectivity index (χ2n) is 7.06. The molecule has 0 bridgehead atoms. The molecule has 0 saturated carbocycles. The van der Waals surface area contributed by atoms with Gasteiger partial charge in [-0.2, -0.15) is 5.10 Å². The highest BCUT2D eigenvalue weighted by molar-refractivity contribution is 5.80.